The van der Waals surface area contributed by atoms with Crippen molar-refractivity contribution in [2.45, 2.75) is 25.8 Å². The topological polar surface area (TPSA) is 66.6 Å². The number of rotatable bonds is 9. The fourth-order valence-electron chi connectivity index (χ4n) is 2.74. The van der Waals surface area contributed by atoms with Gasteiger partial charge in [0.25, 0.3) is 0 Å². The Morgan fingerprint density at radius 3 is 1.90 bits per heavy atom. The molecule has 0 aliphatic rings. The second-order valence-electron chi connectivity index (χ2n) is 6.27. The quantitative estimate of drug-likeness (QED) is 0.441. The number of hydrogen-bond donors (Lipinski definition) is 4. The third kappa shape index (κ3) is 7.40. The van der Waals surface area contributed by atoms with Gasteiger partial charge in [0.2, 0.25) is 0 Å². The summed E-state index contributed by atoms with van der Waals surface area (Å²) < 4.78 is 10.7. The number of ether oxygens (including phenoxy) is 2. The van der Waals surface area contributed by atoms with Gasteiger partial charge in [0.05, 0.1) is 25.6 Å². The first-order valence-electron chi connectivity index (χ1n) is 9.45. The molecule has 8 heteroatoms. The molecule has 0 radical (unpaired) electrons. The van der Waals surface area contributed by atoms with Crippen molar-refractivity contribution in [1.82, 2.24) is 10.6 Å². The van der Waals surface area contributed by atoms with E-state index in [0.29, 0.717) is 16.8 Å². The van der Waals surface area contributed by atoms with Crippen molar-refractivity contribution in [1.29, 1.82) is 0 Å². The van der Waals surface area contributed by atoms with Crippen LogP contribution in [0.15, 0.2) is 48.5 Å². The highest BCUT2D eigenvalue weighted by Gasteiger charge is 2.10. The number of anilines is 2. The summed E-state index contributed by atoms with van der Waals surface area (Å²) in [7, 11) is 3.27. The summed E-state index contributed by atoms with van der Waals surface area (Å²) in [6.45, 7) is 2.83. The third-order valence-corrected chi connectivity index (χ3v) is 4.78. The van der Waals surface area contributed by atoms with Crippen LogP contribution >= 0.6 is 24.4 Å². The lowest BCUT2D eigenvalue weighted by molar-refractivity contribution is 0.417. The van der Waals surface area contributed by atoms with E-state index in [1.807, 2.05) is 48.5 Å². The smallest absolute Gasteiger partial charge is 0.171 e. The lowest BCUT2D eigenvalue weighted by atomic mass is 10.1. The molecule has 0 heterocycles. The van der Waals surface area contributed by atoms with E-state index in [1.54, 1.807) is 14.2 Å². The standard InChI is InChI=1S/C21H28N4O2S2/c1-4-15(23-21(29)25-17-10-6-8-12-19(17)27-3)13-14-22-20(28)24-16-9-5-7-11-18(16)26-2/h5-12,15H,4,13-14H2,1-3H3,(H2,22,24,28)(H2,23,25,29)/t15-/m1/s1. The molecule has 2 aromatic carbocycles. The van der Waals surface area contributed by atoms with Gasteiger partial charge >= 0.3 is 0 Å². The van der Waals surface area contributed by atoms with Crippen molar-refractivity contribution >= 4 is 46.0 Å². The number of methoxy groups -OCH3 is 2. The van der Waals surface area contributed by atoms with Crippen LogP contribution in [0.25, 0.3) is 0 Å². The average molecular weight is 433 g/mol. The zero-order chi connectivity index (χ0) is 21.1. The van der Waals surface area contributed by atoms with E-state index in [2.05, 4.69) is 28.2 Å². The molecule has 0 bridgehead atoms. The van der Waals surface area contributed by atoms with Crippen LogP contribution in [0.5, 0.6) is 11.5 Å². The predicted molar refractivity (Wildman–Crippen MR) is 128 cm³/mol. The molecule has 2 rings (SSSR count). The molecule has 0 aliphatic carbocycles. The van der Waals surface area contributed by atoms with Gasteiger partial charge in [-0.1, -0.05) is 31.2 Å². The molecule has 156 valence electrons. The van der Waals surface area contributed by atoms with E-state index in [4.69, 9.17) is 33.9 Å². The molecule has 0 saturated carbocycles. The van der Waals surface area contributed by atoms with Crippen molar-refractivity contribution in [3.63, 3.8) is 0 Å². The van der Waals surface area contributed by atoms with Crippen LogP contribution in [-0.4, -0.2) is 37.0 Å². The second kappa shape index (κ2) is 12.1. The minimum Gasteiger partial charge on any atom is -0.495 e. The zero-order valence-corrected chi connectivity index (χ0v) is 18.6. The maximum atomic E-state index is 5.45. The van der Waals surface area contributed by atoms with Crippen molar-refractivity contribution < 1.29 is 9.47 Å². The Morgan fingerprint density at radius 1 is 0.862 bits per heavy atom. The molecule has 0 aromatic heterocycles. The van der Waals surface area contributed by atoms with E-state index in [1.165, 1.54) is 0 Å². The Balaban J connectivity index is 1.78. The van der Waals surface area contributed by atoms with Crippen LogP contribution in [0.3, 0.4) is 0 Å². The van der Waals surface area contributed by atoms with Gasteiger partial charge in [0.1, 0.15) is 11.5 Å². The minimum atomic E-state index is 0.214. The van der Waals surface area contributed by atoms with Gasteiger partial charge in [0.15, 0.2) is 10.2 Å². The summed E-state index contributed by atoms with van der Waals surface area (Å²) in [6, 6.07) is 15.5. The second-order valence-corrected chi connectivity index (χ2v) is 7.09. The summed E-state index contributed by atoms with van der Waals surface area (Å²) in [5.41, 5.74) is 1.67. The fourth-order valence-corrected chi connectivity index (χ4v) is 3.23. The zero-order valence-electron chi connectivity index (χ0n) is 17.0. The molecule has 0 saturated heterocycles. The Kier molecular flexibility index (Phi) is 9.46. The van der Waals surface area contributed by atoms with Gasteiger partial charge in [-0.25, -0.2) is 0 Å². The van der Waals surface area contributed by atoms with E-state index < -0.39 is 0 Å². The van der Waals surface area contributed by atoms with Crippen LogP contribution in [0, 0.1) is 0 Å². The molecule has 4 N–H and O–H groups in total. The Morgan fingerprint density at radius 2 is 1.38 bits per heavy atom. The minimum absolute atomic E-state index is 0.214. The summed E-state index contributed by atoms with van der Waals surface area (Å²) >= 11 is 10.8. The molecule has 29 heavy (non-hydrogen) atoms. The first-order chi connectivity index (χ1) is 14.1. The third-order valence-electron chi connectivity index (χ3n) is 4.32. The van der Waals surface area contributed by atoms with Crippen molar-refractivity contribution in [2.75, 3.05) is 31.4 Å². The van der Waals surface area contributed by atoms with Crippen molar-refractivity contribution in [3.05, 3.63) is 48.5 Å². The van der Waals surface area contributed by atoms with Crippen LogP contribution in [0.2, 0.25) is 0 Å². The Bertz CT molecular complexity index is 817. The highest BCUT2D eigenvalue weighted by Crippen LogP contribution is 2.23. The normalized spacial score (nSPS) is 11.1. The molecule has 0 amide bonds. The Labute approximate surface area is 183 Å². The van der Waals surface area contributed by atoms with Gasteiger partial charge in [-0.05, 0) is 61.5 Å². The van der Waals surface area contributed by atoms with Crippen molar-refractivity contribution in [2.24, 2.45) is 0 Å². The molecule has 1 atom stereocenters. The Hall–Kier alpha value is -2.58. The van der Waals surface area contributed by atoms with E-state index in [9.17, 15) is 0 Å². The summed E-state index contributed by atoms with van der Waals surface area (Å²) in [5, 5.41) is 14.1. The lowest BCUT2D eigenvalue weighted by Gasteiger charge is -2.21. The van der Waals surface area contributed by atoms with Crippen LogP contribution in [-0.2, 0) is 0 Å². The lowest BCUT2D eigenvalue weighted by Crippen LogP contribution is -2.40. The average Bonchev–Trinajstić information content (AvgIpc) is 2.73. The summed E-state index contributed by atoms with van der Waals surface area (Å²) in [4.78, 5) is 0. The SMILES string of the molecule is CC[C@H](CCNC(=S)Nc1ccccc1OC)NC(=S)Nc1ccccc1OC. The highest BCUT2D eigenvalue weighted by molar-refractivity contribution is 7.80. The van der Waals surface area contributed by atoms with Crippen LogP contribution < -0.4 is 30.7 Å². The molecule has 2 aromatic rings. The molecular weight excluding hydrogens is 404 g/mol. The highest BCUT2D eigenvalue weighted by atomic mass is 32.1. The predicted octanol–water partition coefficient (Wildman–Crippen LogP) is 4.15. The van der Waals surface area contributed by atoms with E-state index in [0.717, 1.165) is 35.7 Å². The first kappa shape index (κ1) is 22.7. The van der Waals surface area contributed by atoms with Crippen LogP contribution in [0.1, 0.15) is 19.8 Å². The summed E-state index contributed by atoms with van der Waals surface area (Å²) in [6.07, 6.45) is 1.79. The molecule has 0 spiro atoms. The van der Waals surface area contributed by atoms with Gasteiger partial charge in [-0.2, -0.15) is 0 Å². The fraction of sp³-hybridized carbons (Fsp3) is 0.333. The van der Waals surface area contributed by atoms with Gasteiger partial charge < -0.3 is 30.7 Å². The number of para-hydroxylation sites is 4. The van der Waals surface area contributed by atoms with Gasteiger partial charge in [0, 0.05) is 12.6 Å². The number of hydrogen-bond acceptors (Lipinski definition) is 4. The monoisotopic (exact) mass is 432 g/mol. The largest absolute Gasteiger partial charge is 0.495 e. The maximum Gasteiger partial charge on any atom is 0.171 e. The van der Waals surface area contributed by atoms with E-state index in [-0.39, 0.29) is 6.04 Å². The van der Waals surface area contributed by atoms with Crippen LogP contribution in [0.4, 0.5) is 11.4 Å². The van der Waals surface area contributed by atoms with Gasteiger partial charge in [-0.15, -0.1) is 0 Å². The molecule has 0 fully saturated rings. The maximum absolute atomic E-state index is 5.45. The first-order valence-corrected chi connectivity index (χ1v) is 10.3. The van der Waals surface area contributed by atoms with Gasteiger partial charge in [-0.3, -0.25) is 0 Å². The number of nitrogens with one attached hydrogen (secondary N) is 4. The molecule has 0 unspecified atom stereocenters. The number of benzene rings is 2. The van der Waals surface area contributed by atoms with E-state index >= 15 is 0 Å². The molecule has 6 nitrogen and oxygen atoms in total. The summed E-state index contributed by atoms with van der Waals surface area (Å²) in [5.74, 6) is 1.50. The van der Waals surface area contributed by atoms with Crippen molar-refractivity contribution in [3.8, 4) is 11.5 Å². The molecular formula is C21H28N4O2S2. The molecule has 0 aliphatic heterocycles. The number of thiocarbonyl (C=S) groups is 2.